The van der Waals surface area contributed by atoms with Gasteiger partial charge < -0.3 is 14.9 Å². The van der Waals surface area contributed by atoms with Gasteiger partial charge in [-0.25, -0.2) is 23.2 Å². The number of alkyl halides is 3. The van der Waals surface area contributed by atoms with Gasteiger partial charge in [-0.1, -0.05) is 18.2 Å². The van der Waals surface area contributed by atoms with Crippen LogP contribution in [-0.2, 0) is 19.7 Å². The molecule has 0 unspecified atom stereocenters. The van der Waals surface area contributed by atoms with Crippen LogP contribution in [0.25, 0.3) is 11.4 Å². The largest absolute Gasteiger partial charge is 0.496 e. The molecule has 3 aromatic rings. The summed E-state index contributed by atoms with van der Waals surface area (Å²) in [5.41, 5.74) is 0.777. The number of hydrogen-bond donors (Lipinski definition) is 2. The molecular formula is C18H14F3N5O5S. The van der Waals surface area contributed by atoms with Gasteiger partial charge in [0.1, 0.15) is 12.1 Å². The lowest BCUT2D eigenvalue weighted by molar-refractivity contribution is -0.203. The van der Waals surface area contributed by atoms with Gasteiger partial charge in [0.25, 0.3) is 10.0 Å². The first kappa shape index (κ1) is 22.9. The van der Waals surface area contributed by atoms with Gasteiger partial charge in [-0.2, -0.15) is 18.2 Å². The lowest BCUT2D eigenvalue weighted by atomic mass is 10.2. The highest BCUT2D eigenvalue weighted by molar-refractivity contribution is 7.89. The molecule has 2 aromatic carbocycles. The molecule has 32 heavy (non-hydrogen) atoms. The highest BCUT2D eigenvalue weighted by atomic mass is 32.2. The lowest BCUT2D eigenvalue weighted by Gasteiger charge is -2.11. The van der Waals surface area contributed by atoms with E-state index in [9.17, 15) is 26.4 Å². The predicted octanol–water partition coefficient (Wildman–Crippen LogP) is 2.59. The van der Waals surface area contributed by atoms with E-state index in [-0.39, 0.29) is 17.5 Å². The van der Waals surface area contributed by atoms with Gasteiger partial charge in [0.15, 0.2) is 5.82 Å². The third kappa shape index (κ3) is 5.47. The summed E-state index contributed by atoms with van der Waals surface area (Å²) in [6.45, 7) is 0. The second-order valence-corrected chi connectivity index (χ2v) is 7.60. The van der Waals surface area contributed by atoms with Crippen molar-refractivity contribution in [1.29, 1.82) is 0 Å². The second kappa shape index (κ2) is 9.15. The van der Waals surface area contributed by atoms with Crippen molar-refractivity contribution in [3.05, 3.63) is 54.9 Å². The number of sulfonamides is 1. The van der Waals surface area contributed by atoms with Crippen LogP contribution < -0.4 is 14.9 Å². The maximum absolute atomic E-state index is 12.2. The topological polar surface area (TPSA) is 132 Å². The van der Waals surface area contributed by atoms with E-state index in [1.807, 2.05) is 0 Å². The number of benzene rings is 2. The van der Waals surface area contributed by atoms with Gasteiger partial charge >= 0.3 is 12.1 Å². The Labute approximate surface area is 179 Å². The average molecular weight is 469 g/mol. The molecule has 0 atom stereocenters. The summed E-state index contributed by atoms with van der Waals surface area (Å²) in [5, 5.41) is 2.77. The summed E-state index contributed by atoms with van der Waals surface area (Å²) in [5.74, 6) is -1.84. The summed E-state index contributed by atoms with van der Waals surface area (Å²) >= 11 is 0. The molecule has 2 N–H and O–H groups in total. The zero-order valence-electron chi connectivity index (χ0n) is 16.1. The summed E-state index contributed by atoms with van der Waals surface area (Å²) in [6, 6.07) is 11.9. The molecule has 0 saturated heterocycles. The molecule has 0 aliphatic rings. The highest BCUT2D eigenvalue weighted by Gasteiger charge is 2.42. The third-order valence-corrected chi connectivity index (χ3v) is 4.97. The number of carbonyl (C=O) groups is 1. The first-order valence-electron chi connectivity index (χ1n) is 8.59. The Balaban J connectivity index is 1.80. The van der Waals surface area contributed by atoms with Crippen LogP contribution in [0.3, 0.4) is 0 Å². The first-order chi connectivity index (χ1) is 15.1. The molecule has 168 valence electrons. The number of carbonyl (C=O) groups excluding carboxylic acids is 1. The zero-order chi connectivity index (χ0) is 23.4. The normalized spacial score (nSPS) is 11.6. The van der Waals surface area contributed by atoms with E-state index in [1.165, 1.54) is 25.6 Å². The van der Waals surface area contributed by atoms with Crippen molar-refractivity contribution in [1.82, 2.24) is 19.8 Å². The molecule has 10 nitrogen and oxygen atoms in total. The number of methoxy groups -OCH3 is 1. The summed E-state index contributed by atoms with van der Waals surface area (Å²) < 4.78 is 66.1. The molecule has 1 aromatic heterocycles. The molecule has 0 spiro atoms. The fraction of sp³-hybridized carbons (Fsp3) is 0.111. The van der Waals surface area contributed by atoms with Crippen LogP contribution >= 0.6 is 0 Å². The van der Waals surface area contributed by atoms with Crippen molar-refractivity contribution in [2.75, 3.05) is 12.4 Å². The number of halogens is 3. The Morgan fingerprint density at radius 2 is 1.81 bits per heavy atom. The molecule has 0 fully saturated rings. The number of anilines is 2. The average Bonchev–Trinajstić information content (AvgIpc) is 2.77. The minimum absolute atomic E-state index is 0.0620. The molecule has 14 heteroatoms. The van der Waals surface area contributed by atoms with Crippen molar-refractivity contribution >= 4 is 27.6 Å². The minimum Gasteiger partial charge on any atom is -0.496 e. The lowest BCUT2D eigenvalue weighted by Crippen LogP contribution is -2.34. The Morgan fingerprint density at radius 3 is 2.53 bits per heavy atom. The maximum atomic E-state index is 12.2. The number of ether oxygens (including phenoxy) is 1. The van der Waals surface area contributed by atoms with Crippen molar-refractivity contribution in [2.45, 2.75) is 11.1 Å². The van der Waals surface area contributed by atoms with Crippen LogP contribution in [0.5, 0.6) is 5.75 Å². The van der Waals surface area contributed by atoms with E-state index in [0.29, 0.717) is 11.3 Å². The quantitative estimate of drug-likeness (QED) is 0.501. The van der Waals surface area contributed by atoms with Crippen LogP contribution in [0.2, 0.25) is 0 Å². The van der Waals surface area contributed by atoms with E-state index in [2.05, 4.69) is 25.1 Å². The van der Waals surface area contributed by atoms with Crippen LogP contribution in [-0.4, -0.2) is 42.6 Å². The second-order valence-electron chi connectivity index (χ2n) is 5.96. The first-order valence-corrected chi connectivity index (χ1v) is 10.1. The molecule has 3 rings (SSSR count). The Kier molecular flexibility index (Phi) is 6.55. The molecule has 1 heterocycles. The molecule has 0 radical (unpaired) electrons. The van der Waals surface area contributed by atoms with Crippen molar-refractivity contribution in [3.8, 4) is 17.1 Å². The highest BCUT2D eigenvalue weighted by Crippen LogP contribution is 2.27. The van der Waals surface area contributed by atoms with E-state index in [1.54, 1.807) is 24.3 Å². The van der Waals surface area contributed by atoms with Crippen LogP contribution in [0, 0.1) is 0 Å². The number of nitrogens with one attached hydrogen (secondary N) is 2. The molecule has 0 aliphatic carbocycles. The smallest absolute Gasteiger partial charge is 0.492 e. The van der Waals surface area contributed by atoms with Gasteiger partial charge in [0, 0.05) is 5.69 Å². The monoisotopic (exact) mass is 469 g/mol. The minimum atomic E-state index is -5.36. The van der Waals surface area contributed by atoms with Gasteiger partial charge in [-0.3, -0.25) is 0 Å². The Morgan fingerprint density at radius 1 is 1.06 bits per heavy atom. The fourth-order valence-electron chi connectivity index (χ4n) is 2.38. The van der Waals surface area contributed by atoms with Crippen molar-refractivity contribution < 1.29 is 36.0 Å². The fourth-order valence-corrected chi connectivity index (χ4v) is 3.21. The van der Waals surface area contributed by atoms with E-state index in [0.717, 1.165) is 17.0 Å². The van der Waals surface area contributed by atoms with Gasteiger partial charge in [-0.15, -0.1) is 0 Å². The van der Waals surface area contributed by atoms with Gasteiger partial charge in [-0.05, 0) is 35.2 Å². The van der Waals surface area contributed by atoms with E-state index < -0.39 is 27.1 Å². The SMILES string of the molecule is COc1ccccc1-c1ncnc(Nc2cccc(S(=O)(=O)NOC(=O)C(F)(F)F)c2)n1. The Bertz CT molecular complexity index is 1240. The number of para-hydroxylation sites is 1. The predicted molar refractivity (Wildman–Crippen MR) is 104 cm³/mol. The molecule has 0 bridgehead atoms. The number of aromatic nitrogens is 3. The Hall–Kier alpha value is -3.78. The number of hydrogen-bond acceptors (Lipinski definition) is 9. The summed E-state index contributed by atoms with van der Waals surface area (Å²) in [7, 11) is -3.10. The van der Waals surface area contributed by atoms with Crippen molar-refractivity contribution in [2.24, 2.45) is 0 Å². The van der Waals surface area contributed by atoms with E-state index >= 15 is 0 Å². The number of rotatable bonds is 7. The van der Waals surface area contributed by atoms with Crippen LogP contribution in [0.4, 0.5) is 24.8 Å². The van der Waals surface area contributed by atoms with Gasteiger partial charge in [0.05, 0.1) is 17.6 Å². The zero-order valence-corrected chi connectivity index (χ0v) is 16.9. The molecule has 0 saturated carbocycles. The third-order valence-electron chi connectivity index (χ3n) is 3.80. The van der Waals surface area contributed by atoms with E-state index in [4.69, 9.17) is 4.74 Å². The molecular weight excluding hydrogens is 455 g/mol. The van der Waals surface area contributed by atoms with Crippen molar-refractivity contribution in [3.63, 3.8) is 0 Å². The standard InChI is InChI=1S/C18H14F3N5O5S/c1-30-14-8-3-2-7-13(14)15-22-10-23-17(25-15)24-11-5-4-6-12(9-11)32(28,29)26-31-16(27)18(19,20)21/h2-10,26H,1H3,(H,22,23,24,25). The molecule has 0 amide bonds. The van der Waals surface area contributed by atoms with Crippen LogP contribution in [0.15, 0.2) is 59.8 Å². The maximum Gasteiger partial charge on any atom is 0.492 e. The van der Waals surface area contributed by atoms with Crippen LogP contribution in [0.1, 0.15) is 0 Å². The van der Waals surface area contributed by atoms with Gasteiger partial charge in [0.2, 0.25) is 5.95 Å². The number of nitrogens with zero attached hydrogens (tertiary/aromatic N) is 3. The summed E-state index contributed by atoms with van der Waals surface area (Å²) in [4.78, 5) is 27.3. The summed E-state index contributed by atoms with van der Waals surface area (Å²) in [6.07, 6.45) is -4.13. The molecule has 0 aliphatic heterocycles.